The van der Waals surface area contributed by atoms with Gasteiger partial charge in [0.05, 0.1) is 12.0 Å². The third-order valence-electron chi connectivity index (χ3n) is 3.73. The van der Waals surface area contributed by atoms with E-state index in [2.05, 4.69) is 10.6 Å². The van der Waals surface area contributed by atoms with Gasteiger partial charge in [-0.15, -0.1) is 0 Å². The number of amides is 2. The zero-order valence-corrected chi connectivity index (χ0v) is 15.8. The molecule has 0 aliphatic carbocycles. The second kappa shape index (κ2) is 10.1. The summed E-state index contributed by atoms with van der Waals surface area (Å²) in [6.07, 6.45) is 2.12. The SMILES string of the molecule is CSCC[C@@H](NC(=O)[C@@H](NC(=O)c1cccc(C)c1)C(C)C)C(=O)[O-]. The van der Waals surface area contributed by atoms with Crippen LogP contribution in [0.4, 0.5) is 0 Å². The van der Waals surface area contributed by atoms with E-state index < -0.39 is 24.0 Å². The van der Waals surface area contributed by atoms with Gasteiger partial charge in [-0.05, 0) is 43.4 Å². The lowest BCUT2D eigenvalue weighted by Crippen LogP contribution is -2.56. The molecule has 0 unspecified atom stereocenters. The Morgan fingerprint density at radius 2 is 1.88 bits per heavy atom. The first-order valence-corrected chi connectivity index (χ1v) is 9.53. The fourth-order valence-corrected chi connectivity index (χ4v) is 2.76. The van der Waals surface area contributed by atoms with Gasteiger partial charge in [0.2, 0.25) is 5.91 Å². The summed E-state index contributed by atoms with van der Waals surface area (Å²) in [4.78, 5) is 36.0. The number of rotatable bonds is 9. The summed E-state index contributed by atoms with van der Waals surface area (Å²) in [5, 5.41) is 16.4. The Balaban J connectivity index is 2.82. The molecule has 2 atom stereocenters. The van der Waals surface area contributed by atoms with Crippen LogP contribution in [0.3, 0.4) is 0 Å². The summed E-state index contributed by atoms with van der Waals surface area (Å²) in [7, 11) is 0. The molecule has 1 aromatic carbocycles. The topological polar surface area (TPSA) is 98.3 Å². The maximum Gasteiger partial charge on any atom is 0.251 e. The smallest absolute Gasteiger partial charge is 0.251 e. The van der Waals surface area contributed by atoms with Gasteiger partial charge < -0.3 is 20.5 Å². The Hall–Kier alpha value is -2.02. The molecule has 0 heterocycles. The number of carbonyl (C=O) groups excluding carboxylic acids is 3. The normalized spacial score (nSPS) is 13.2. The van der Waals surface area contributed by atoms with Gasteiger partial charge in [0.25, 0.3) is 5.91 Å². The molecular weight excluding hydrogens is 340 g/mol. The van der Waals surface area contributed by atoms with Crippen LogP contribution in [0.2, 0.25) is 0 Å². The predicted molar refractivity (Wildman–Crippen MR) is 97.2 cm³/mol. The van der Waals surface area contributed by atoms with Gasteiger partial charge in [-0.3, -0.25) is 9.59 Å². The van der Waals surface area contributed by atoms with Crippen molar-refractivity contribution in [3.8, 4) is 0 Å². The van der Waals surface area contributed by atoms with Crippen molar-refractivity contribution in [2.24, 2.45) is 5.92 Å². The molecule has 2 N–H and O–H groups in total. The molecule has 0 radical (unpaired) electrons. The third kappa shape index (κ3) is 6.78. The molecule has 0 aromatic heterocycles. The number of carbonyl (C=O) groups is 3. The number of aliphatic carboxylic acids is 1. The molecule has 0 bridgehead atoms. The summed E-state index contributed by atoms with van der Waals surface area (Å²) in [6, 6.07) is 5.14. The van der Waals surface area contributed by atoms with E-state index in [1.807, 2.05) is 19.2 Å². The largest absolute Gasteiger partial charge is 0.548 e. The Kier molecular flexibility index (Phi) is 8.48. The quantitative estimate of drug-likeness (QED) is 0.672. The molecule has 1 rings (SSSR count). The van der Waals surface area contributed by atoms with Crippen LogP contribution >= 0.6 is 11.8 Å². The number of aryl methyl sites for hydroxylation is 1. The summed E-state index contributed by atoms with van der Waals surface area (Å²) >= 11 is 1.49. The molecule has 0 aliphatic rings. The number of carboxylic acids is 1. The fraction of sp³-hybridized carbons (Fsp3) is 0.500. The van der Waals surface area contributed by atoms with Crippen molar-refractivity contribution in [1.82, 2.24) is 10.6 Å². The molecule has 6 nitrogen and oxygen atoms in total. The summed E-state index contributed by atoms with van der Waals surface area (Å²) in [6.45, 7) is 5.45. The predicted octanol–water partition coefficient (Wildman–Crippen LogP) is 0.737. The molecule has 25 heavy (non-hydrogen) atoms. The first kappa shape index (κ1) is 21.0. The Morgan fingerprint density at radius 3 is 2.40 bits per heavy atom. The van der Waals surface area contributed by atoms with Crippen molar-refractivity contribution in [3.05, 3.63) is 35.4 Å². The van der Waals surface area contributed by atoms with Crippen LogP contribution in [-0.4, -0.2) is 41.9 Å². The lowest BCUT2D eigenvalue weighted by Gasteiger charge is -2.26. The standard InChI is InChI=1S/C18H26N2O4S/c1-11(2)15(17(22)19-14(18(23)24)8-9-25-4)20-16(21)13-7-5-6-12(3)10-13/h5-7,10-11,14-15H,8-9H2,1-4H3,(H,19,22)(H,20,21)(H,23,24)/p-1/t14-,15+/m1/s1. The van der Waals surface area contributed by atoms with E-state index >= 15 is 0 Å². The van der Waals surface area contributed by atoms with Crippen molar-refractivity contribution in [1.29, 1.82) is 0 Å². The van der Waals surface area contributed by atoms with Crippen LogP contribution in [-0.2, 0) is 9.59 Å². The zero-order valence-electron chi connectivity index (χ0n) is 15.0. The van der Waals surface area contributed by atoms with E-state index in [0.29, 0.717) is 11.3 Å². The number of carboxylic acid groups (broad SMARTS) is 1. The molecule has 138 valence electrons. The fourth-order valence-electron chi connectivity index (χ4n) is 2.29. The summed E-state index contributed by atoms with van der Waals surface area (Å²) in [5.41, 5.74) is 1.39. The van der Waals surface area contributed by atoms with Crippen molar-refractivity contribution in [2.75, 3.05) is 12.0 Å². The highest BCUT2D eigenvalue weighted by molar-refractivity contribution is 7.98. The van der Waals surface area contributed by atoms with Crippen molar-refractivity contribution in [3.63, 3.8) is 0 Å². The maximum absolute atomic E-state index is 12.5. The van der Waals surface area contributed by atoms with Gasteiger partial charge >= 0.3 is 0 Å². The maximum atomic E-state index is 12.5. The number of nitrogens with one attached hydrogen (secondary N) is 2. The number of benzene rings is 1. The molecular formula is C18H25N2O4S-. The van der Waals surface area contributed by atoms with E-state index in [9.17, 15) is 19.5 Å². The highest BCUT2D eigenvalue weighted by Crippen LogP contribution is 2.08. The van der Waals surface area contributed by atoms with E-state index in [1.165, 1.54) is 11.8 Å². The van der Waals surface area contributed by atoms with Crippen LogP contribution in [0.15, 0.2) is 24.3 Å². The zero-order chi connectivity index (χ0) is 19.0. The molecule has 0 fully saturated rings. The molecule has 1 aromatic rings. The Morgan fingerprint density at radius 1 is 1.20 bits per heavy atom. The first-order chi connectivity index (χ1) is 11.8. The van der Waals surface area contributed by atoms with Gasteiger partial charge in [-0.25, -0.2) is 0 Å². The van der Waals surface area contributed by atoms with E-state index in [1.54, 1.807) is 32.0 Å². The molecule has 2 amide bonds. The average molecular weight is 365 g/mol. The lowest BCUT2D eigenvalue weighted by molar-refractivity contribution is -0.308. The van der Waals surface area contributed by atoms with E-state index in [0.717, 1.165) is 5.56 Å². The van der Waals surface area contributed by atoms with E-state index in [-0.39, 0.29) is 18.2 Å². The molecule has 7 heteroatoms. The molecule has 0 saturated heterocycles. The number of thioether (sulfide) groups is 1. The second-order valence-electron chi connectivity index (χ2n) is 6.23. The minimum absolute atomic E-state index is 0.197. The van der Waals surface area contributed by atoms with Crippen molar-refractivity contribution < 1.29 is 19.5 Å². The van der Waals surface area contributed by atoms with Crippen LogP contribution < -0.4 is 15.7 Å². The number of hydrogen-bond donors (Lipinski definition) is 2. The highest BCUT2D eigenvalue weighted by Gasteiger charge is 2.26. The van der Waals surface area contributed by atoms with E-state index in [4.69, 9.17) is 0 Å². The van der Waals surface area contributed by atoms with Crippen LogP contribution in [0, 0.1) is 12.8 Å². The Labute approximate surface area is 152 Å². The highest BCUT2D eigenvalue weighted by atomic mass is 32.2. The lowest BCUT2D eigenvalue weighted by atomic mass is 10.0. The van der Waals surface area contributed by atoms with Crippen molar-refractivity contribution in [2.45, 2.75) is 39.3 Å². The van der Waals surface area contributed by atoms with Gasteiger partial charge in [0.1, 0.15) is 6.04 Å². The summed E-state index contributed by atoms with van der Waals surface area (Å²) in [5.74, 6) is -1.83. The van der Waals surface area contributed by atoms with Gasteiger partial charge in [0, 0.05) is 5.56 Å². The van der Waals surface area contributed by atoms with Gasteiger partial charge in [-0.1, -0.05) is 31.5 Å². The molecule has 0 aliphatic heterocycles. The van der Waals surface area contributed by atoms with Gasteiger partial charge in [-0.2, -0.15) is 11.8 Å². The number of hydrogen-bond acceptors (Lipinski definition) is 5. The average Bonchev–Trinajstić information content (AvgIpc) is 2.55. The minimum atomic E-state index is -1.32. The van der Waals surface area contributed by atoms with Crippen LogP contribution in [0.25, 0.3) is 0 Å². The van der Waals surface area contributed by atoms with Crippen LogP contribution in [0.1, 0.15) is 36.2 Å². The Bertz CT molecular complexity index is 619. The third-order valence-corrected chi connectivity index (χ3v) is 4.37. The molecule has 0 spiro atoms. The van der Waals surface area contributed by atoms with Gasteiger partial charge in [0.15, 0.2) is 0 Å². The minimum Gasteiger partial charge on any atom is -0.548 e. The molecule has 0 saturated carbocycles. The van der Waals surface area contributed by atoms with Crippen molar-refractivity contribution >= 4 is 29.5 Å². The van der Waals surface area contributed by atoms with Crippen LogP contribution in [0.5, 0.6) is 0 Å². The first-order valence-electron chi connectivity index (χ1n) is 8.14. The monoisotopic (exact) mass is 365 g/mol. The summed E-state index contributed by atoms with van der Waals surface area (Å²) < 4.78 is 0. The second-order valence-corrected chi connectivity index (χ2v) is 7.21.